The van der Waals surface area contributed by atoms with Gasteiger partial charge in [0, 0.05) is 6.07 Å². The second-order valence-electron chi connectivity index (χ2n) is 3.18. The summed E-state index contributed by atoms with van der Waals surface area (Å²) in [4.78, 5) is 11.0. The van der Waals surface area contributed by atoms with Gasteiger partial charge in [-0.15, -0.1) is 0 Å². The van der Waals surface area contributed by atoms with Crippen LogP contribution in [0.15, 0.2) is 10.6 Å². The van der Waals surface area contributed by atoms with Crippen molar-refractivity contribution in [2.75, 3.05) is 0 Å². The molecule has 0 fully saturated rings. The van der Waals surface area contributed by atoms with Crippen LogP contribution in [0, 0.1) is 0 Å². The molecule has 0 spiro atoms. The monoisotopic (exact) mass is 213 g/mol. The minimum Gasteiger partial charge on any atom is -0.370 e. The van der Waals surface area contributed by atoms with Gasteiger partial charge in [0.05, 0.1) is 6.10 Å². The normalized spacial score (nSPS) is 12.5. The molecule has 1 aromatic rings. The van der Waals surface area contributed by atoms with Gasteiger partial charge < -0.3 is 9.26 Å². The highest BCUT2D eigenvalue weighted by atomic mass is 16.5. The van der Waals surface area contributed by atoms with Gasteiger partial charge in [0.15, 0.2) is 11.5 Å². The van der Waals surface area contributed by atoms with Gasteiger partial charge in [0.2, 0.25) is 0 Å². The van der Waals surface area contributed by atoms with Crippen LogP contribution in [0.1, 0.15) is 36.5 Å². The number of rotatable bonds is 5. The van der Waals surface area contributed by atoms with Gasteiger partial charge in [-0.2, -0.15) is 0 Å². The predicted molar refractivity (Wildman–Crippen MR) is 52.7 cm³/mol. The summed E-state index contributed by atoms with van der Waals surface area (Å²) in [6, 6.07) is 1.50. The van der Waals surface area contributed by atoms with Crippen molar-refractivity contribution in [3.8, 4) is 0 Å². The van der Waals surface area contributed by atoms with Crippen LogP contribution in [0.4, 0.5) is 0 Å². The number of carbonyl (C=O) groups excluding carboxylic acids is 1. The van der Waals surface area contributed by atoms with Crippen molar-refractivity contribution in [2.45, 2.75) is 33.0 Å². The second-order valence-corrected chi connectivity index (χ2v) is 3.18. The summed E-state index contributed by atoms with van der Waals surface area (Å²) >= 11 is 0. The average Bonchev–Trinajstić information content (AvgIpc) is 2.73. The first-order valence-electron chi connectivity index (χ1n) is 4.75. The van der Waals surface area contributed by atoms with E-state index in [1.807, 2.05) is 19.3 Å². The molecule has 1 unspecified atom stereocenters. The maximum atomic E-state index is 11.0. The fourth-order valence-corrected chi connectivity index (χ4v) is 0.904. The quantitative estimate of drug-likeness (QED) is 0.424. The number of amides is 1. The topological polar surface area (TPSA) is 90.4 Å². The molecular weight excluding hydrogens is 198 g/mol. The van der Waals surface area contributed by atoms with E-state index in [0.29, 0.717) is 12.4 Å². The number of nitrogen functional groups attached to an aromatic ring is 1. The van der Waals surface area contributed by atoms with Gasteiger partial charge >= 0.3 is 0 Å². The summed E-state index contributed by atoms with van der Waals surface area (Å²) in [7, 11) is 0. The Balaban J connectivity index is 2.49. The molecule has 1 atom stereocenters. The molecule has 0 saturated carbocycles. The number of ether oxygens (including phenoxy) is 1. The largest absolute Gasteiger partial charge is 0.370 e. The average molecular weight is 213 g/mol. The molecule has 84 valence electrons. The van der Waals surface area contributed by atoms with Crippen LogP contribution in [-0.4, -0.2) is 17.2 Å². The third-order valence-electron chi connectivity index (χ3n) is 2.01. The van der Waals surface area contributed by atoms with Crippen molar-refractivity contribution in [3.63, 3.8) is 0 Å². The van der Waals surface area contributed by atoms with Crippen molar-refractivity contribution in [2.24, 2.45) is 5.84 Å². The van der Waals surface area contributed by atoms with Crippen LogP contribution in [-0.2, 0) is 11.3 Å². The highest BCUT2D eigenvalue weighted by Crippen LogP contribution is 2.07. The van der Waals surface area contributed by atoms with E-state index in [4.69, 9.17) is 15.1 Å². The van der Waals surface area contributed by atoms with Gasteiger partial charge in [0.1, 0.15) is 6.61 Å². The Morgan fingerprint density at radius 1 is 1.80 bits per heavy atom. The van der Waals surface area contributed by atoms with Gasteiger partial charge in [0.25, 0.3) is 5.91 Å². The Kier molecular flexibility index (Phi) is 4.26. The van der Waals surface area contributed by atoms with E-state index in [-0.39, 0.29) is 11.8 Å². The van der Waals surface area contributed by atoms with Gasteiger partial charge in [-0.05, 0) is 13.3 Å². The minimum atomic E-state index is -0.478. The van der Waals surface area contributed by atoms with Crippen LogP contribution in [0.2, 0.25) is 0 Å². The van der Waals surface area contributed by atoms with Crippen molar-refractivity contribution in [1.82, 2.24) is 10.6 Å². The Labute approximate surface area is 87.7 Å². The van der Waals surface area contributed by atoms with Crippen LogP contribution < -0.4 is 11.3 Å². The third-order valence-corrected chi connectivity index (χ3v) is 2.01. The Hall–Kier alpha value is -1.40. The highest BCUT2D eigenvalue weighted by Gasteiger charge is 2.11. The van der Waals surface area contributed by atoms with Gasteiger partial charge in [-0.1, -0.05) is 12.1 Å². The lowest BCUT2D eigenvalue weighted by molar-refractivity contribution is 0.0377. The highest BCUT2D eigenvalue weighted by molar-refractivity contribution is 5.91. The van der Waals surface area contributed by atoms with Gasteiger partial charge in [-0.3, -0.25) is 10.2 Å². The summed E-state index contributed by atoms with van der Waals surface area (Å²) in [5.74, 6) is 4.97. The summed E-state index contributed by atoms with van der Waals surface area (Å²) in [6.07, 6.45) is 1.08. The molecule has 0 saturated heterocycles. The smallest absolute Gasteiger partial charge is 0.287 e. The molecule has 0 bridgehead atoms. The summed E-state index contributed by atoms with van der Waals surface area (Å²) < 4.78 is 10.3. The van der Waals surface area contributed by atoms with Crippen molar-refractivity contribution in [1.29, 1.82) is 0 Å². The maximum Gasteiger partial charge on any atom is 0.287 e. The molecule has 1 amide bonds. The number of aromatic nitrogens is 1. The summed E-state index contributed by atoms with van der Waals surface area (Å²) in [6.45, 7) is 4.29. The zero-order valence-electron chi connectivity index (χ0n) is 8.82. The van der Waals surface area contributed by atoms with Crippen LogP contribution in [0.3, 0.4) is 0 Å². The van der Waals surface area contributed by atoms with E-state index in [1.54, 1.807) is 0 Å². The number of nitrogens with two attached hydrogens (primary N) is 1. The Bertz CT molecular complexity index is 324. The van der Waals surface area contributed by atoms with Crippen molar-refractivity contribution >= 4 is 5.91 Å². The van der Waals surface area contributed by atoms with E-state index in [0.717, 1.165) is 6.42 Å². The molecule has 1 heterocycles. The summed E-state index contributed by atoms with van der Waals surface area (Å²) in [5.41, 5.74) is 2.12. The lowest BCUT2D eigenvalue weighted by atomic mass is 10.3. The Morgan fingerprint density at radius 2 is 2.53 bits per heavy atom. The lowest BCUT2D eigenvalue weighted by Crippen LogP contribution is -2.30. The second kappa shape index (κ2) is 5.47. The predicted octanol–water partition coefficient (Wildman–Crippen LogP) is 0.593. The maximum absolute atomic E-state index is 11.0. The first kappa shape index (κ1) is 11.7. The van der Waals surface area contributed by atoms with Gasteiger partial charge in [-0.25, -0.2) is 5.84 Å². The fourth-order valence-electron chi connectivity index (χ4n) is 0.904. The molecule has 6 nitrogen and oxygen atoms in total. The molecule has 0 aliphatic carbocycles. The first-order valence-corrected chi connectivity index (χ1v) is 4.75. The van der Waals surface area contributed by atoms with E-state index in [9.17, 15) is 4.79 Å². The zero-order chi connectivity index (χ0) is 11.3. The summed E-state index contributed by atoms with van der Waals surface area (Å²) in [5, 5.41) is 3.54. The van der Waals surface area contributed by atoms with Crippen molar-refractivity contribution in [3.05, 3.63) is 17.5 Å². The van der Waals surface area contributed by atoms with E-state index < -0.39 is 5.91 Å². The molecule has 0 aliphatic heterocycles. The molecule has 15 heavy (non-hydrogen) atoms. The fraction of sp³-hybridized carbons (Fsp3) is 0.556. The number of nitrogens with zero attached hydrogens (tertiary/aromatic N) is 1. The number of hydrazine groups is 1. The number of nitrogens with one attached hydrogen (secondary N) is 1. The molecule has 1 aromatic heterocycles. The van der Waals surface area contributed by atoms with E-state index in [1.165, 1.54) is 6.07 Å². The number of hydrogen-bond acceptors (Lipinski definition) is 5. The molecule has 0 aliphatic rings. The molecule has 0 radical (unpaired) electrons. The molecule has 1 rings (SSSR count). The van der Waals surface area contributed by atoms with Crippen LogP contribution >= 0.6 is 0 Å². The number of hydrogen-bond donors (Lipinski definition) is 2. The third kappa shape index (κ3) is 3.34. The SMILES string of the molecule is CCC(C)OCc1cc(C(=O)NN)no1. The molecule has 3 N–H and O–H groups in total. The lowest BCUT2D eigenvalue weighted by Gasteiger charge is -2.07. The van der Waals surface area contributed by atoms with E-state index >= 15 is 0 Å². The number of carbonyl (C=O) groups is 1. The van der Waals surface area contributed by atoms with Crippen LogP contribution in [0.25, 0.3) is 0 Å². The molecule has 6 heteroatoms. The van der Waals surface area contributed by atoms with E-state index in [2.05, 4.69) is 5.16 Å². The molecular formula is C9H15N3O3. The minimum absolute atomic E-state index is 0.153. The standard InChI is InChI=1S/C9H15N3O3/c1-3-6(2)14-5-7-4-8(12-15-7)9(13)11-10/h4,6H,3,5,10H2,1-2H3,(H,11,13). The van der Waals surface area contributed by atoms with Crippen molar-refractivity contribution < 1.29 is 14.1 Å². The first-order chi connectivity index (χ1) is 7.17. The Morgan fingerprint density at radius 3 is 3.13 bits per heavy atom. The van der Waals surface area contributed by atoms with Crippen LogP contribution in [0.5, 0.6) is 0 Å². The zero-order valence-corrected chi connectivity index (χ0v) is 8.82. The molecule has 0 aromatic carbocycles.